The second kappa shape index (κ2) is 8.65. The highest BCUT2D eigenvalue weighted by Gasteiger charge is 2.50. The molecule has 3 fully saturated rings. The van der Waals surface area contributed by atoms with E-state index in [0.29, 0.717) is 18.8 Å². The number of anilines is 2. The van der Waals surface area contributed by atoms with Crippen LogP contribution >= 0.6 is 0 Å². The SMILES string of the molecule is CCN(C(=O)O)c1cnc(N2CCC[C@]3(CCN(C4CCC(O)CC4)C3=O)C2)c(C)c1. The summed E-state index contributed by atoms with van der Waals surface area (Å²) >= 11 is 0. The van der Waals surface area contributed by atoms with Crippen LogP contribution in [-0.2, 0) is 4.79 Å². The molecule has 0 radical (unpaired) electrons. The lowest BCUT2D eigenvalue weighted by Gasteiger charge is -2.41. The summed E-state index contributed by atoms with van der Waals surface area (Å²) < 4.78 is 0. The molecule has 31 heavy (non-hydrogen) atoms. The third-order valence-electron chi connectivity index (χ3n) is 7.42. The van der Waals surface area contributed by atoms with E-state index in [9.17, 15) is 19.8 Å². The first kappa shape index (κ1) is 21.9. The Morgan fingerprint density at radius 1 is 1.26 bits per heavy atom. The molecule has 2 N–H and O–H groups in total. The van der Waals surface area contributed by atoms with Gasteiger partial charge in [0.1, 0.15) is 5.82 Å². The van der Waals surface area contributed by atoms with Crippen molar-refractivity contribution in [1.82, 2.24) is 9.88 Å². The number of aromatic nitrogens is 1. The Bertz CT molecular complexity index is 839. The molecule has 170 valence electrons. The molecule has 3 aliphatic rings. The molecule has 4 rings (SSSR count). The number of hydrogen-bond donors (Lipinski definition) is 2. The minimum atomic E-state index is -0.986. The number of amides is 2. The number of hydrogen-bond acceptors (Lipinski definition) is 5. The molecular formula is C23H34N4O4. The first-order valence-electron chi connectivity index (χ1n) is 11.6. The molecule has 0 aromatic carbocycles. The van der Waals surface area contributed by atoms with Crippen LogP contribution in [0.1, 0.15) is 57.4 Å². The van der Waals surface area contributed by atoms with Gasteiger partial charge in [0.15, 0.2) is 0 Å². The van der Waals surface area contributed by atoms with Crippen molar-refractivity contribution < 1.29 is 19.8 Å². The van der Waals surface area contributed by atoms with Crippen LogP contribution in [0.2, 0.25) is 0 Å². The smallest absolute Gasteiger partial charge is 0.411 e. The van der Waals surface area contributed by atoms with Crippen LogP contribution in [0.4, 0.5) is 16.3 Å². The molecule has 1 saturated carbocycles. The van der Waals surface area contributed by atoms with E-state index in [-0.39, 0.29) is 23.5 Å². The maximum Gasteiger partial charge on any atom is 0.411 e. The van der Waals surface area contributed by atoms with Crippen molar-refractivity contribution in [3.8, 4) is 0 Å². The second-order valence-corrected chi connectivity index (χ2v) is 9.38. The lowest BCUT2D eigenvalue weighted by atomic mass is 9.78. The number of carboxylic acid groups (broad SMARTS) is 1. The molecule has 1 aliphatic carbocycles. The van der Waals surface area contributed by atoms with E-state index in [1.165, 1.54) is 4.90 Å². The fourth-order valence-electron chi connectivity index (χ4n) is 5.72. The fourth-order valence-corrected chi connectivity index (χ4v) is 5.72. The zero-order valence-corrected chi connectivity index (χ0v) is 18.6. The number of aliphatic hydroxyl groups excluding tert-OH is 1. The number of likely N-dealkylation sites (tertiary alicyclic amines) is 1. The van der Waals surface area contributed by atoms with E-state index in [4.69, 9.17) is 0 Å². The molecule has 0 unspecified atom stereocenters. The number of carbonyl (C=O) groups is 2. The van der Waals surface area contributed by atoms with Gasteiger partial charge in [-0.15, -0.1) is 0 Å². The summed E-state index contributed by atoms with van der Waals surface area (Å²) in [6.45, 7) is 6.46. The number of pyridine rings is 1. The molecule has 8 heteroatoms. The normalized spacial score (nSPS) is 28.9. The molecule has 2 saturated heterocycles. The van der Waals surface area contributed by atoms with Gasteiger partial charge in [0.25, 0.3) is 0 Å². The van der Waals surface area contributed by atoms with E-state index in [0.717, 1.165) is 69.4 Å². The molecular weight excluding hydrogens is 396 g/mol. The average Bonchev–Trinajstić information content (AvgIpc) is 3.04. The largest absolute Gasteiger partial charge is 0.465 e. The summed E-state index contributed by atoms with van der Waals surface area (Å²) in [6.07, 6.45) is 6.52. The Kier molecular flexibility index (Phi) is 6.10. The van der Waals surface area contributed by atoms with Crippen molar-refractivity contribution in [2.24, 2.45) is 5.41 Å². The Labute approximate surface area is 183 Å². The predicted molar refractivity (Wildman–Crippen MR) is 118 cm³/mol. The van der Waals surface area contributed by atoms with E-state index < -0.39 is 6.09 Å². The van der Waals surface area contributed by atoms with Gasteiger partial charge < -0.3 is 20.0 Å². The van der Waals surface area contributed by atoms with Crippen molar-refractivity contribution in [3.63, 3.8) is 0 Å². The quantitative estimate of drug-likeness (QED) is 0.762. The van der Waals surface area contributed by atoms with E-state index >= 15 is 0 Å². The topological polar surface area (TPSA) is 97.2 Å². The minimum absolute atomic E-state index is 0.213. The van der Waals surface area contributed by atoms with Crippen LogP contribution in [0.5, 0.6) is 0 Å². The van der Waals surface area contributed by atoms with Crippen LogP contribution < -0.4 is 9.80 Å². The number of rotatable bonds is 4. The second-order valence-electron chi connectivity index (χ2n) is 9.38. The number of aryl methyl sites for hydroxylation is 1. The third kappa shape index (κ3) is 4.10. The lowest BCUT2D eigenvalue weighted by molar-refractivity contribution is -0.139. The average molecular weight is 431 g/mol. The van der Waals surface area contributed by atoms with Crippen molar-refractivity contribution in [3.05, 3.63) is 17.8 Å². The van der Waals surface area contributed by atoms with Gasteiger partial charge in [-0.3, -0.25) is 9.69 Å². The van der Waals surface area contributed by atoms with Crippen molar-refractivity contribution in [1.29, 1.82) is 0 Å². The fraction of sp³-hybridized carbons (Fsp3) is 0.696. The molecule has 0 bridgehead atoms. The Hall–Kier alpha value is -2.35. The van der Waals surface area contributed by atoms with Gasteiger partial charge in [0.2, 0.25) is 5.91 Å². The van der Waals surface area contributed by atoms with Gasteiger partial charge in [0, 0.05) is 32.2 Å². The molecule has 3 heterocycles. The first-order chi connectivity index (χ1) is 14.8. The summed E-state index contributed by atoms with van der Waals surface area (Å²) in [5, 5.41) is 19.2. The molecule has 1 atom stereocenters. The van der Waals surface area contributed by atoms with Crippen molar-refractivity contribution in [2.45, 2.75) is 70.9 Å². The molecule has 1 aromatic rings. The molecule has 1 aromatic heterocycles. The lowest BCUT2D eigenvalue weighted by Crippen LogP contribution is -2.50. The number of piperidine rings is 1. The summed E-state index contributed by atoms with van der Waals surface area (Å²) in [6, 6.07) is 2.14. The standard InChI is InChI=1S/C23H34N4O4/c1-3-26(22(30)31)18-13-16(2)20(24-14-18)25-11-4-9-23(15-25)10-12-27(21(23)29)17-5-7-19(28)8-6-17/h13-14,17,19,28H,3-12,15H2,1-2H3,(H,30,31)/t17?,19?,23-/m0/s1. The predicted octanol–water partition coefficient (Wildman–Crippen LogP) is 3.02. The molecule has 2 aliphatic heterocycles. The van der Waals surface area contributed by atoms with Crippen LogP contribution in [0.25, 0.3) is 0 Å². The van der Waals surface area contributed by atoms with Gasteiger partial charge in [-0.25, -0.2) is 9.78 Å². The van der Waals surface area contributed by atoms with Crippen LogP contribution in [0.15, 0.2) is 12.3 Å². The van der Waals surface area contributed by atoms with E-state index in [2.05, 4.69) is 14.8 Å². The highest BCUT2D eigenvalue weighted by atomic mass is 16.4. The maximum atomic E-state index is 13.5. The van der Waals surface area contributed by atoms with Gasteiger partial charge in [-0.1, -0.05) is 0 Å². The number of carbonyl (C=O) groups excluding carboxylic acids is 1. The van der Waals surface area contributed by atoms with Gasteiger partial charge in [-0.2, -0.15) is 0 Å². The highest BCUT2D eigenvalue weighted by Crippen LogP contribution is 2.43. The van der Waals surface area contributed by atoms with Crippen LogP contribution in [-0.4, -0.2) is 70.4 Å². The Morgan fingerprint density at radius 2 is 2.00 bits per heavy atom. The zero-order chi connectivity index (χ0) is 22.2. The van der Waals surface area contributed by atoms with Gasteiger partial charge in [0.05, 0.1) is 23.4 Å². The number of aliphatic hydroxyl groups is 1. The summed E-state index contributed by atoms with van der Waals surface area (Å²) in [5.74, 6) is 1.12. The van der Waals surface area contributed by atoms with E-state index in [1.807, 2.05) is 13.0 Å². The monoisotopic (exact) mass is 430 g/mol. The van der Waals surface area contributed by atoms with Gasteiger partial charge in [-0.05, 0) is 70.4 Å². The first-order valence-corrected chi connectivity index (χ1v) is 11.6. The zero-order valence-electron chi connectivity index (χ0n) is 18.6. The van der Waals surface area contributed by atoms with Crippen LogP contribution in [0, 0.1) is 12.3 Å². The summed E-state index contributed by atoms with van der Waals surface area (Å²) in [7, 11) is 0. The van der Waals surface area contributed by atoms with Crippen LogP contribution in [0.3, 0.4) is 0 Å². The minimum Gasteiger partial charge on any atom is -0.465 e. The summed E-state index contributed by atoms with van der Waals surface area (Å²) in [4.78, 5) is 35.2. The highest BCUT2D eigenvalue weighted by molar-refractivity contribution is 5.87. The number of nitrogens with zero attached hydrogens (tertiary/aromatic N) is 4. The Morgan fingerprint density at radius 3 is 2.65 bits per heavy atom. The van der Waals surface area contributed by atoms with Gasteiger partial charge >= 0.3 is 6.09 Å². The van der Waals surface area contributed by atoms with Crippen molar-refractivity contribution >= 4 is 23.5 Å². The molecule has 8 nitrogen and oxygen atoms in total. The Balaban J connectivity index is 1.50. The maximum absolute atomic E-state index is 13.5. The van der Waals surface area contributed by atoms with Crippen molar-refractivity contribution in [2.75, 3.05) is 36.0 Å². The van der Waals surface area contributed by atoms with E-state index in [1.54, 1.807) is 13.1 Å². The molecule has 1 spiro atoms. The summed E-state index contributed by atoms with van der Waals surface area (Å²) in [5.41, 5.74) is 1.15. The third-order valence-corrected chi connectivity index (χ3v) is 7.42. The molecule has 2 amide bonds.